The molecule has 0 radical (unpaired) electrons. The fourth-order valence-corrected chi connectivity index (χ4v) is 1.04. The molecule has 0 bridgehead atoms. The molecule has 0 unspecified atom stereocenters. The molecule has 10 heteroatoms. The molecule has 0 aromatic rings. The smallest absolute Gasteiger partial charge is 0.548 e. The van der Waals surface area contributed by atoms with Crippen LogP contribution in [0.25, 0.3) is 0 Å². The Hall–Kier alpha value is 0.0200. The number of nitrogens with zero attached hydrogens (tertiary/aromatic N) is 2. The maximum absolute atomic E-state index is 10.2. The third-order valence-corrected chi connectivity index (χ3v) is 1.47. The van der Waals surface area contributed by atoms with Crippen LogP contribution in [-0.4, -0.2) is 33.6 Å². The predicted octanol–water partition coefficient (Wildman–Crippen LogP) is -5.14. The average Bonchev–Trinajstić information content (AvgIpc) is 1.82. The molecule has 0 aliphatic rings. The first-order valence-corrected chi connectivity index (χ1v) is 4.47. The standard InChI is InChI=1S/C3H7N2O6P.Na/c6-3(7)1-5(4-8)2-12(9,10)11;/h1-2H2,(H,6,7)(H2,9,10,11);/q;+1/p-1. The molecule has 13 heavy (non-hydrogen) atoms. The number of carboxylic acids is 1. The van der Waals surface area contributed by atoms with Crippen molar-refractivity contribution in [2.75, 3.05) is 12.8 Å². The summed E-state index contributed by atoms with van der Waals surface area (Å²) < 4.78 is 10.2. The first kappa shape index (κ1) is 15.5. The Labute approximate surface area is 95.3 Å². The summed E-state index contributed by atoms with van der Waals surface area (Å²) in [5.41, 5.74) is 0. The van der Waals surface area contributed by atoms with Crippen LogP contribution in [0.2, 0.25) is 0 Å². The Bertz CT molecular complexity index is 228. The SMILES string of the molecule is O=NN(CC(=O)[O-])CP(=O)(O)O.[Na+]. The quantitative estimate of drug-likeness (QED) is 0.205. The van der Waals surface area contributed by atoms with E-state index in [0.29, 0.717) is 0 Å². The van der Waals surface area contributed by atoms with Gasteiger partial charge in [-0.1, -0.05) is 0 Å². The number of aliphatic carboxylic acids is 1. The molecule has 0 amide bonds. The van der Waals surface area contributed by atoms with Crippen LogP contribution in [0.4, 0.5) is 0 Å². The Balaban J connectivity index is 0. The van der Waals surface area contributed by atoms with Crippen LogP contribution in [0, 0.1) is 4.91 Å². The molecule has 0 heterocycles. The molecule has 0 spiro atoms. The zero-order valence-corrected chi connectivity index (χ0v) is 9.68. The van der Waals surface area contributed by atoms with E-state index in [9.17, 15) is 19.4 Å². The Kier molecular flexibility index (Phi) is 7.71. The maximum atomic E-state index is 10.2. The van der Waals surface area contributed by atoms with Gasteiger partial charge in [-0.2, -0.15) is 0 Å². The van der Waals surface area contributed by atoms with Gasteiger partial charge in [-0.15, -0.1) is 4.91 Å². The van der Waals surface area contributed by atoms with Gasteiger partial charge in [0.05, 0.1) is 17.8 Å². The van der Waals surface area contributed by atoms with E-state index in [1.165, 1.54) is 0 Å². The van der Waals surface area contributed by atoms with E-state index in [1.807, 2.05) is 0 Å². The number of rotatable bonds is 5. The topological polar surface area (TPSA) is 130 Å². The molecule has 0 rings (SSSR count). The van der Waals surface area contributed by atoms with Gasteiger partial charge in [0.2, 0.25) is 0 Å². The van der Waals surface area contributed by atoms with Crippen molar-refractivity contribution in [2.45, 2.75) is 0 Å². The molecular formula is C3H6N2NaO6P. The molecule has 0 aliphatic heterocycles. The van der Waals surface area contributed by atoms with E-state index in [4.69, 9.17) is 9.79 Å². The summed E-state index contributed by atoms with van der Waals surface area (Å²) in [5.74, 6) is -1.64. The number of carboxylic acid groups (broad SMARTS) is 1. The van der Waals surface area contributed by atoms with Crippen molar-refractivity contribution in [2.24, 2.45) is 5.29 Å². The molecule has 8 nitrogen and oxygen atoms in total. The molecule has 0 fully saturated rings. The minimum absolute atomic E-state index is 0. The van der Waals surface area contributed by atoms with Crippen molar-refractivity contribution in [3.8, 4) is 0 Å². The first-order valence-electron chi connectivity index (χ1n) is 2.68. The van der Waals surface area contributed by atoms with Crippen molar-refractivity contribution in [3.05, 3.63) is 4.91 Å². The van der Waals surface area contributed by atoms with Crippen molar-refractivity contribution >= 4 is 13.6 Å². The summed E-state index contributed by atoms with van der Waals surface area (Å²) in [6.07, 6.45) is -1.02. The van der Waals surface area contributed by atoms with Gasteiger partial charge in [0.1, 0.15) is 6.29 Å². The van der Waals surface area contributed by atoms with Gasteiger partial charge >= 0.3 is 37.2 Å². The van der Waals surface area contributed by atoms with E-state index in [0.717, 1.165) is 0 Å². The largest absolute Gasteiger partial charge is 1.00 e. The molecule has 0 aliphatic carbocycles. The number of carbonyl (C=O) groups is 1. The zero-order valence-electron chi connectivity index (χ0n) is 6.78. The molecule has 2 N–H and O–H groups in total. The van der Waals surface area contributed by atoms with Crippen LogP contribution in [0.15, 0.2) is 5.29 Å². The zero-order chi connectivity index (χ0) is 9.78. The number of hydrogen-bond acceptors (Lipinski definition) is 5. The van der Waals surface area contributed by atoms with Crippen LogP contribution in [0.5, 0.6) is 0 Å². The fraction of sp³-hybridized carbons (Fsp3) is 0.667. The van der Waals surface area contributed by atoms with Gasteiger partial charge in [0, 0.05) is 0 Å². The summed E-state index contributed by atoms with van der Waals surface area (Å²) in [5, 5.41) is 12.1. The van der Waals surface area contributed by atoms with Gasteiger partial charge < -0.3 is 19.7 Å². The average molecular weight is 220 g/mol. The molecule has 0 saturated carbocycles. The first-order chi connectivity index (χ1) is 5.35. The summed E-state index contributed by atoms with van der Waals surface area (Å²) in [6, 6.07) is 0. The van der Waals surface area contributed by atoms with E-state index in [2.05, 4.69) is 5.29 Å². The van der Waals surface area contributed by atoms with Gasteiger partial charge in [-0.25, -0.2) is 5.01 Å². The third-order valence-electron chi connectivity index (χ3n) is 0.775. The van der Waals surface area contributed by atoms with Crippen molar-refractivity contribution in [1.82, 2.24) is 5.01 Å². The maximum Gasteiger partial charge on any atom is 1.00 e. The van der Waals surface area contributed by atoms with Gasteiger partial charge in [0.25, 0.3) is 0 Å². The van der Waals surface area contributed by atoms with Crippen LogP contribution >= 0.6 is 7.60 Å². The van der Waals surface area contributed by atoms with Crippen LogP contribution < -0.4 is 34.7 Å². The predicted molar refractivity (Wildman–Crippen MR) is 34.4 cm³/mol. The molecule has 0 aromatic carbocycles. The summed E-state index contributed by atoms with van der Waals surface area (Å²) in [6.45, 7) is -0.936. The summed E-state index contributed by atoms with van der Waals surface area (Å²) in [7, 11) is -4.45. The Morgan fingerprint density at radius 1 is 1.54 bits per heavy atom. The van der Waals surface area contributed by atoms with E-state index < -0.39 is 26.4 Å². The van der Waals surface area contributed by atoms with Crippen LogP contribution in [-0.2, 0) is 9.36 Å². The van der Waals surface area contributed by atoms with Crippen LogP contribution in [0.1, 0.15) is 0 Å². The Morgan fingerprint density at radius 3 is 2.23 bits per heavy atom. The van der Waals surface area contributed by atoms with Crippen molar-refractivity contribution in [3.63, 3.8) is 0 Å². The molecule has 0 saturated heterocycles. The minimum Gasteiger partial charge on any atom is -0.548 e. The number of hydrogen-bond donors (Lipinski definition) is 2. The summed E-state index contributed by atoms with van der Waals surface area (Å²) >= 11 is 0. The van der Waals surface area contributed by atoms with Gasteiger partial charge in [-0.05, 0) is 0 Å². The van der Waals surface area contributed by atoms with E-state index >= 15 is 0 Å². The number of carbonyl (C=O) groups excluding carboxylic acids is 1. The van der Waals surface area contributed by atoms with Gasteiger partial charge in [0.15, 0.2) is 0 Å². The Morgan fingerprint density at radius 2 is 2.00 bits per heavy atom. The fourth-order valence-electron chi connectivity index (χ4n) is 0.466. The molecule has 0 aromatic heterocycles. The molecular weight excluding hydrogens is 214 g/mol. The molecule has 0 atom stereocenters. The van der Waals surface area contributed by atoms with Crippen molar-refractivity contribution in [1.29, 1.82) is 0 Å². The number of nitroso groups, excluding NO2 is 1. The van der Waals surface area contributed by atoms with Crippen molar-refractivity contribution < 1.29 is 53.8 Å². The second-order valence-electron chi connectivity index (χ2n) is 1.92. The van der Waals surface area contributed by atoms with Crippen LogP contribution in [0.3, 0.4) is 0 Å². The normalized spacial score (nSPS) is 10.0. The second kappa shape index (κ2) is 6.47. The third kappa shape index (κ3) is 9.94. The second-order valence-corrected chi connectivity index (χ2v) is 3.54. The summed E-state index contributed by atoms with van der Waals surface area (Å²) in [4.78, 5) is 36.2. The monoisotopic (exact) mass is 220 g/mol. The minimum atomic E-state index is -4.45. The molecule has 70 valence electrons. The van der Waals surface area contributed by atoms with Gasteiger partial charge in [-0.3, -0.25) is 4.57 Å². The van der Waals surface area contributed by atoms with E-state index in [1.54, 1.807) is 0 Å². The van der Waals surface area contributed by atoms with E-state index in [-0.39, 0.29) is 34.6 Å².